The standard InChI is InChI=1S/C30H41NO9/c1-13(2)20-23(34)19(26(31)37)24(35)30(39)25(36)21-22(33)18-15(10-7-11-17(18)32)16(12-40-14-8-5-6-9-14)28(21,3)27(38)29(20,30)4/h7,10-11,13-14,16,19-21,23,25,27,32,34,36,38-39H,5-6,8-9,12H2,1-4H3,(H2,31,37)/t16-,19-,20+,21-,23?,25?,27-,28+,29+,30+/m1/s1. The molecule has 5 rings (SSSR count). The van der Waals surface area contributed by atoms with E-state index < -0.39 is 81.8 Å². The lowest BCUT2D eigenvalue weighted by Crippen LogP contribution is -2.84. The zero-order chi connectivity index (χ0) is 29.5. The highest BCUT2D eigenvalue weighted by Crippen LogP contribution is 2.68. The van der Waals surface area contributed by atoms with Crippen LogP contribution in [0.3, 0.4) is 0 Å². The van der Waals surface area contributed by atoms with Gasteiger partial charge >= 0.3 is 0 Å². The van der Waals surface area contributed by atoms with Crippen LogP contribution in [0.4, 0.5) is 0 Å². The van der Waals surface area contributed by atoms with Crippen molar-refractivity contribution in [2.24, 2.45) is 40.2 Å². The van der Waals surface area contributed by atoms with Crippen LogP contribution in [0.1, 0.15) is 75.2 Å². The molecule has 0 aromatic heterocycles. The molecule has 10 nitrogen and oxygen atoms in total. The number of aliphatic hydroxyl groups excluding tert-OH is 3. The molecule has 3 saturated carbocycles. The summed E-state index contributed by atoms with van der Waals surface area (Å²) < 4.78 is 6.31. The first kappa shape index (κ1) is 29.1. The Labute approximate surface area is 233 Å². The van der Waals surface area contributed by atoms with E-state index in [1.807, 2.05) is 0 Å². The number of carbonyl (C=O) groups is 3. The van der Waals surface area contributed by atoms with Crippen LogP contribution in [-0.2, 0) is 14.3 Å². The summed E-state index contributed by atoms with van der Waals surface area (Å²) >= 11 is 0. The Bertz CT molecular complexity index is 1230. The lowest BCUT2D eigenvalue weighted by atomic mass is 9.36. The van der Waals surface area contributed by atoms with E-state index in [0.29, 0.717) is 5.56 Å². The summed E-state index contributed by atoms with van der Waals surface area (Å²) in [5.41, 5.74) is -0.297. The number of amides is 1. The number of Topliss-reactive ketones (excluding diaryl/α,β-unsaturated/α-hetero) is 2. The normalized spacial score (nSPS) is 43.4. The first-order valence-electron chi connectivity index (χ1n) is 14.2. The molecule has 7 N–H and O–H groups in total. The third kappa shape index (κ3) is 3.49. The van der Waals surface area contributed by atoms with E-state index in [-0.39, 0.29) is 24.0 Å². The number of primary amides is 1. The number of nitrogens with two attached hydrogens (primary N) is 1. The van der Waals surface area contributed by atoms with Crippen molar-refractivity contribution < 1.29 is 44.7 Å². The van der Waals surface area contributed by atoms with Gasteiger partial charge < -0.3 is 36.0 Å². The molecule has 40 heavy (non-hydrogen) atoms. The minimum absolute atomic E-state index is 0.0172. The second-order valence-electron chi connectivity index (χ2n) is 13.1. The van der Waals surface area contributed by atoms with Gasteiger partial charge in [0.05, 0.1) is 36.4 Å². The number of aromatic hydroxyl groups is 1. The number of carbonyl (C=O) groups excluding carboxylic acids is 3. The van der Waals surface area contributed by atoms with Crippen molar-refractivity contribution in [2.75, 3.05) is 6.61 Å². The van der Waals surface area contributed by atoms with Gasteiger partial charge in [-0.15, -0.1) is 0 Å². The number of hydrogen-bond acceptors (Lipinski definition) is 9. The van der Waals surface area contributed by atoms with Crippen molar-refractivity contribution in [1.29, 1.82) is 0 Å². The highest BCUT2D eigenvalue weighted by molar-refractivity contribution is 6.09. The quantitative estimate of drug-likeness (QED) is 0.287. The molecule has 0 aliphatic heterocycles. The summed E-state index contributed by atoms with van der Waals surface area (Å²) in [6, 6.07) is 4.63. The maximum absolute atomic E-state index is 14.1. The van der Waals surface area contributed by atoms with Crippen LogP contribution in [0.5, 0.6) is 5.75 Å². The number of fused-ring (bicyclic) bond motifs is 3. The van der Waals surface area contributed by atoms with Crippen LogP contribution in [0.25, 0.3) is 0 Å². The highest BCUT2D eigenvalue weighted by Gasteiger charge is 2.80. The molecule has 1 aromatic carbocycles. The average Bonchev–Trinajstić information content (AvgIpc) is 3.39. The smallest absolute Gasteiger partial charge is 0.230 e. The predicted octanol–water partition coefficient (Wildman–Crippen LogP) is 1.04. The fourth-order valence-corrected chi connectivity index (χ4v) is 9.11. The number of hydrogen-bond donors (Lipinski definition) is 6. The van der Waals surface area contributed by atoms with Crippen molar-refractivity contribution >= 4 is 17.5 Å². The second kappa shape index (κ2) is 9.59. The summed E-state index contributed by atoms with van der Waals surface area (Å²) in [5.74, 6) is -9.11. The maximum atomic E-state index is 14.1. The monoisotopic (exact) mass is 559 g/mol. The zero-order valence-electron chi connectivity index (χ0n) is 23.4. The summed E-state index contributed by atoms with van der Waals surface area (Å²) in [6.07, 6.45) is -1.59. The fourth-order valence-electron chi connectivity index (χ4n) is 9.11. The van der Waals surface area contributed by atoms with E-state index in [0.717, 1.165) is 25.7 Å². The number of ether oxygens (including phenoxy) is 1. The van der Waals surface area contributed by atoms with Gasteiger partial charge in [-0.3, -0.25) is 14.4 Å². The summed E-state index contributed by atoms with van der Waals surface area (Å²) in [5, 5.41) is 58.8. The summed E-state index contributed by atoms with van der Waals surface area (Å²) in [7, 11) is 0. The molecule has 0 spiro atoms. The van der Waals surface area contributed by atoms with Crippen molar-refractivity contribution in [1.82, 2.24) is 0 Å². The largest absolute Gasteiger partial charge is 0.507 e. The van der Waals surface area contributed by atoms with Gasteiger partial charge in [0.15, 0.2) is 17.2 Å². The maximum Gasteiger partial charge on any atom is 0.230 e. The lowest BCUT2D eigenvalue weighted by Gasteiger charge is -2.69. The van der Waals surface area contributed by atoms with E-state index in [9.17, 15) is 39.9 Å². The molecular weight excluding hydrogens is 518 g/mol. The van der Waals surface area contributed by atoms with E-state index in [1.54, 1.807) is 32.9 Å². The van der Waals surface area contributed by atoms with Crippen molar-refractivity contribution in [3.8, 4) is 5.75 Å². The van der Waals surface area contributed by atoms with Gasteiger partial charge in [-0.2, -0.15) is 0 Å². The minimum Gasteiger partial charge on any atom is -0.507 e. The molecule has 10 atom stereocenters. The molecule has 0 saturated heterocycles. The van der Waals surface area contributed by atoms with Gasteiger partial charge in [-0.1, -0.05) is 52.7 Å². The second-order valence-corrected chi connectivity index (χ2v) is 13.1. The molecule has 0 bridgehead atoms. The fraction of sp³-hybridized carbons (Fsp3) is 0.700. The number of benzene rings is 1. The first-order valence-corrected chi connectivity index (χ1v) is 14.2. The minimum atomic E-state index is -2.81. The Balaban J connectivity index is 1.75. The van der Waals surface area contributed by atoms with Gasteiger partial charge in [-0.25, -0.2) is 0 Å². The van der Waals surface area contributed by atoms with Gasteiger partial charge in [0.25, 0.3) is 0 Å². The average molecular weight is 560 g/mol. The van der Waals surface area contributed by atoms with E-state index in [1.165, 1.54) is 13.0 Å². The Morgan fingerprint density at radius 3 is 2.33 bits per heavy atom. The first-order chi connectivity index (χ1) is 18.7. The lowest BCUT2D eigenvalue weighted by molar-refractivity contribution is -0.308. The van der Waals surface area contributed by atoms with Crippen LogP contribution >= 0.6 is 0 Å². The topological polar surface area (TPSA) is 188 Å². The summed E-state index contributed by atoms with van der Waals surface area (Å²) in [4.78, 5) is 40.4. The molecule has 4 aliphatic rings. The highest BCUT2D eigenvalue weighted by atomic mass is 16.5. The van der Waals surface area contributed by atoms with Crippen molar-refractivity contribution in [2.45, 2.75) is 89.3 Å². The number of phenols is 1. The number of phenolic OH excluding ortho intramolecular Hbond substituents is 1. The number of aliphatic hydroxyl groups is 4. The van der Waals surface area contributed by atoms with Gasteiger partial charge in [0.2, 0.25) is 5.91 Å². The molecular formula is C30H41NO9. The van der Waals surface area contributed by atoms with Gasteiger partial charge in [0.1, 0.15) is 17.8 Å². The SMILES string of the molecule is CC(C)[C@H]1C(O)[C@@H](C(N)=O)C(=O)[C@]2(O)C(O)[C@H]3C(=O)c4c(O)cccc4[C@@H](COC4CCCC4)[C@]3(C)[C@@H](O)[C@]12C. The molecule has 0 radical (unpaired) electrons. The van der Waals surface area contributed by atoms with Gasteiger partial charge in [0, 0.05) is 16.7 Å². The van der Waals surface area contributed by atoms with Crippen LogP contribution < -0.4 is 5.73 Å². The predicted molar refractivity (Wildman–Crippen MR) is 142 cm³/mol. The molecule has 1 aromatic rings. The summed E-state index contributed by atoms with van der Waals surface area (Å²) in [6.45, 7) is 6.58. The Morgan fingerprint density at radius 2 is 1.75 bits per heavy atom. The molecule has 220 valence electrons. The molecule has 0 heterocycles. The molecule has 4 aliphatic carbocycles. The zero-order valence-corrected chi connectivity index (χ0v) is 23.4. The molecule has 2 unspecified atom stereocenters. The van der Waals surface area contributed by atoms with E-state index >= 15 is 0 Å². The van der Waals surface area contributed by atoms with Crippen molar-refractivity contribution in [3.05, 3.63) is 29.3 Å². The van der Waals surface area contributed by atoms with Crippen LogP contribution in [0, 0.1) is 34.5 Å². The van der Waals surface area contributed by atoms with E-state index in [2.05, 4.69) is 0 Å². The third-order valence-corrected chi connectivity index (χ3v) is 11.0. The van der Waals surface area contributed by atoms with Crippen LogP contribution in [0.2, 0.25) is 0 Å². The van der Waals surface area contributed by atoms with Crippen molar-refractivity contribution in [3.63, 3.8) is 0 Å². The Morgan fingerprint density at radius 1 is 1.12 bits per heavy atom. The Kier molecular flexibility index (Phi) is 6.99. The van der Waals surface area contributed by atoms with Crippen LogP contribution in [-0.4, -0.2) is 79.6 Å². The molecule has 10 heteroatoms. The third-order valence-electron chi connectivity index (χ3n) is 11.0. The number of rotatable bonds is 5. The number of ketones is 2. The Hall–Kier alpha value is -2.37. The molecule has 3 fully saturated rings. The van der Waals surface area contributed by atoms with Crippen LogP contribution in [0.15, 0.2) is 18.2 Å². The molecule has 1 amide bonds. The van der Waals surface area contributed by atoms with E-state index in [4.69, 9.17) is 10.5 Å². The van der Waals surface area contributed by atoms with Gasteiger partial charge in [-0.05, 0) is 36.3 Å².